The molecule has 5 heteroatoms. The largest absolute Gasteiger partial charge is 0.493 e. The molecule has 21 heavy (non-hydrogen) atoms. The average molecular weight is 295 g/mol. The highest BCUT2D eigenvalue weighted by Gasteiger charge is 2.09. The summed E-state index contributed by atoms with van der Waals surface area (Å²) in [7, 11) is 3.24. The molecular weight excluding hydrogens is 270 g/mol. The summed E-state index contributed by atoms with van der Waals surface area (Å²) in [5.74, 6) is 1.39. The Morgan fingerprint density at radius 3 is 2.19 bits per heavy atom. The first-order chi connectivity index (χ1) is 10.2. The van der Waals surface area contributed by atoms with Crippen molar-refractivity contribution in [1.82, 2.24) is 0 Å². The zero-order chi connectivity index (χ0) is 15.7. The van der Waals surface area contributed by atoms with E-state index in [0.29, 0.717) is 31.3 Å². The normalized spacial score (nSPS) is 11.8. The van der Waals surface area contributed by atoms with Gasteiger partial charge in [-0.05, 0) is 44.5 Å². The van der Waals surface area contributed by atoms with Crippen molar-refractivity contribution in [3.8, 4) is 11.5 Å². The maximum Gasteiger partial charge on any atom is 0.176 e. The molecule has 0 amide bonds. The van der Waals surface area contributed by atoms with Crippen LogP contribution >= 0.6 is 0 Å². The quantitative estimate of drug-likeness (QED) is 0.519. The summed E-state index contributed by atoms with van der Waals surface area (Å²) in [6.07, 6.45) is -0.296. The number of rotatable bonds is 9. The number of nitrogens with zero attached hydrogens (tertiary/aromatic N) is 1. The molecule has 1 aromatic carbocycles. The standard InChI is InChI=1S/C16H25NO4/c1-6-20-16(21-7-2)11-17-12(3)13-8-9-14(18-4)15(10-13)19-5/h8-10,16H,6-7,11H2,1-5H3/b17-12-. The van der Waals surface area contributed by atoms with Crippen molar-refractivity contribution in [2.45, 2.75) is 27.1 Å². The summed E-state index contributed by atoms with van der Waals surface area (Å²) >= 11 is 0. The van der Waals surface area contributed by atoms with Crippen molar-refractivity contribution < 1.29 is 18.9 Å². The fraction of sp³-hybridized carbons (Fsp3) is 0.562. The second-order valence-electron chi connectivity index (χ2n) is 4.34. The minimum Gasteiger partial charge on any atom is -0.493 e. The average Bonchev–Trinajstić information content (AvgIpc) is 2.52. The van der Waals surface area contributed by atoms with Crippen LogP contribution in [-0.2, 0) is 9.47 Å². The molecule has 0 saturated heterocycles. The molecular formula is C16H25NO4. The molecule has 0 aliphatic heterocycles. The fourth-order valence-corrected chi connectivity index (χ4v) is 1.89. The lowest BCUT2D eigenvalue weighted by molar-refractivity contribution is -0.128. The minimum absolute atomic E-state index is 0.296. The van der Waals surface area contributed by atoms with Gasteiger partial charge in [0.05, 0.1) is 20.8 Å². The Kier molecular flexibility index (Phi) is 7.79. The Hall–Kier alpha value is -1.59. The molecule has 0 unspecified atom stereocenters. The van der Waals surface area contributed by atoms with Crippen LogP contribution in [0.5, 0.6) is 11.5 Å². The number of hydrogen-bond acceptors (Lipinski definition) is 5. The third-order valence-corrected chi connectivity index (χ3v) is 2.98. The molecule has 0 aliphatic carbocycles. The topological polar surface area (TPSA) is 49.3 Å². The Bertz CT molecular complexity index is 454. The van der Waals surface area contributed by atoms with E-state index in [9.17, 15) is 0 Å². The van der Waals surface area contributed by atoms with Gasteiger partial charge < -0.3 is 18.9 Å². The first-order valence-corrected chi connectivity index (χ1v) is 7.12. The second-order valence-corrected chi connectivity index (χ2v) is 4.34. The molecule has 0 spiro atoms. The first kappa shape index (κ1) is 17.5. The van der Waals surface area contributed by atoms with Crippen LogP contribution in [0, 0.1) is 0 Å². The van der Waals surface area contributed by atoms with E-state index in [4.69, 9.17) is 18.9 Å². The van der Waals surface area contributed by atoms with Gasteiger partial charge >= 0.3 is 0 Å². The summed E-state index contributed by atoms with van der Waals surface area (Å²) in [6.45, 7) is 7.52. The third kappa shape index (κ3) is 5.36. The van der Waals surface area contributed by atoms with E-state index >= 15 is 0 Å². The van der Waals surface area contributed by atoms with Gasteiger partial charge in [0.25, 0.3) is 0 Å². The zero-order valence-corrected chi connectivity index (χ0v) is 13.5. The van der Waals surface area contributed by atoms with Crippen LogP contribution in [0.2, 0.25) is 0 Å². The first-order valence-electron chi connectivity index (χ1n) is 7.12. The van der Waals surface area contributed by atoms with Crippen molar-refractivity contribution >= 4 is 5.71 Å². The van der Waals surface area contributed by atoms with Gasteiger partial charge in [0.2, 0.25) is 0 Å². The van der Waals surface area contributed by atoms with Crippen LogP contribution in [0.25, 0.3) is 0 Å². The minimum atomic E-state index is -0.296. The van der Waals surface area contributed by atoms with Gasteiger partial charge in [-0.1, -0.05) is 0 Å². The van der Waals surface area contributed by atoms with Gasteiger partial charge in [-0.3, -0.25) is 4.99 Å². The van der Waals surface area contributed by atoms with Crippen molar-refractivity contribution in [1.29, 1.82) is 0 Å². The van der Waals surface area contributed by atoms with E-state index in [1.54, 1.807) is 14.2 Å². The van der Waals surface area contributed by atoms with E-state index in [0.717, 1.165) is 11.3 Å². The monoisotopic (exact) mass is 295 g/mol. The molecule has 0 radical (unpaired) electrons. The second kappa shape index (κ2) is 9.37. The van der Waals surface area contributed by atoms with E-state index in [-0.39, 0.29) is 6.29 Å². The lowest BCUT2D eigenvalue weighted by Crippen LogP contribution is -2.21. The Labute approximate surface area is 126 Å². The van der Waals surface area contributed by atoms with Crippen LogP contribution in [0.1, 0.15) is 26.3 Å². The molecule has 1 aromatic rings. The summed E-state index contributed by atoms with van der Waals surface area (Å²) < 4.78 is 21.5. The summed E-state index contributed by atoms with van der Waals surface area (Å²) in [5.41, 5.74) is 1.89. The van der Waals surface area contributed by atoms with Crippen molar-refractivity contribution in [2.75, 3.05) is 34.0 Å². The van der Waals surface area contributed by atoms with Gasteiger partial charge in [0, 0.05) is 18.9 Å². The maximum atomic E-state index is 5.48. The molecule has 1 rings (SSSR count). The van der Waals surface area contributed by atoms with E-state index in [1.807, 2.05) is 39.0 Å². The number of methoxy groups -OCH3 is 2. The van der Waals surface area contributed by atoms with Crippen molar-refractivity contribution in [2.24, 2.45) is 4.99 Å². The van der Waals surface area contributed by atoms with Gasteiger partial charge in [-0.2, -0.15) is 0 Å². The molecule has 118 valence electrons. The van der Waals surface area contributed by atoms with Crippen LogP contribution in [0.15, 0.2) is 23.2 Å². The Morgan fingerprint density at radius 1 is 1.05 bits per heavy atom. The molecule has 0 aliphatic rings. The molecule has 0 fully saturated rings. The van der Waals surface area contributed by atoms with Gasteiger partial charge in [-0.15, -0.1) is 0 Å². The molecule has 0 saturated carbocycles. The molecule has 5 nitrogen and oxygen atoms in total. The smallest absolute Gasteiger partial charge is 0.176 e. The number of hydrogen-bond donors (Lipinski definition) is 0. The predicted molar refractivity (Wildman–Crippen MR) is 83.7 cm³/mol. The summed E-state index contributed by atoms with van der Waals surface area (Å²) in [4.78, 5) is 4.53. The molecule has 0 N–H and O–H groups in total. The van der Waals surface area contributed by atoms with Crippen LogP contribution < -0.4 is 9.47 Å². The predicted octanol–water partition coefficient (Wildman–Crippen LogP) is 2.91. The maximum absolute atomic E-state index is 5.48. The van der Waals surface area contributed by atoms with Crippen LogP contribution in [-0.4, -0.2) is 46.0 Å². The Balaban J connectivity index is 2.81. The van der Waals surface area contributed by atoms with Crippen molar-refractivity contribution in [3.63, 3.8) is 0 Å². The Morgan fingerprint density at radius 2 is 1.67 bits per heavy atom. The SMILES string of the molecule is CCOC(C/N=C(/C)c1ccc(OC)c(OC)c1)OCC. The third-order valence-electron chi connectivity index (χ3n) is 2.98. The number of benzene rings is 1. The molecule has 0 aromatic heterocycles. The molecule has 0 bridgehead atoms. The summed E-state index contributed by atoms with van der Waals surface area (Å²) in [5, 5.41) is 0. The zero-order valence-electron chi connectivity index (χ0n) is 13.5. The van der Waals surface area contributed by atoms with Gasteiger partial charge in [0.1, 0.15) is 0 Å². The van der Waals surface area contributed by atoms with Crippen LogP contribution in [0.4, 0.5) is 0 Å². The lowest BCUT2D eigenvalue weighted by atomic mass is 10.1. The molecule has 0 atom stereocenters. The van der Waals surface area contributed by atoms with Gasteiger partial charge in [-0.25, -0.2) is 0 Å². The van der Waals surface area contributed by atoms with Crippen LogP contribution in [0.3, 0.4) is 0 Å². The highest BCUT2D eigenvalue weighted by Crippen LogP contribution is 2.27. The molecule has 0 heterocycles. The van der Waals surface area contributed by atoms with E-state index < -0.39 is 0 Å². The summed E-state index contributed by atoms with van der Waals surface area (Å²) in [6, 6.07) is 5.74. The van der Waals surface area contributed by atoms with E-state index in [2.05, 4.69) is 4.99 Å². The highest BCUT2D eigenvalue weighted by molar-refractivity contribution is 5.99. The van der Waals surface area contributed by atoms with E-state index in [1.165, 1.54) is 0 Å². The van der Waals surface area contributed by atoms with Crippen molar-refractivity contribution in [3.05, 3.63) is 23.8 Å². The lowest BCUT2D eigenvalue weighted by Gasteiger charge is -2.15. The number of ether oxygens (including phenoxy) is 4. The van der Waals surface area contributed by atoms with Gasteiger partial charge in [0.15, 0.2) is 17.8 Å². The highest BCUT2D eigenvalue weighted by atomic mass is 16.7. The number of aliphatic imine (C=N–C) groups is 1. The fourth-order valence-electron chi connectivity index (χ4n) is 1.89.